The molecule has 2 aromatic rings. The number of nitriles is 1. The first-order valence-electron chi connectivity index (χ1n) is 7.63. The average Bonchev–Trinajstić information content (AvgIpc) is 2.54. The molecule has 0 saturated carbocycles. The van der Waals surface area contributed by atoms with Gasteiger partial charge in [0.1, 0.15) is 12.6 Å². The fraction of sp³-hybridized carbons (Fsp3) is 0.471. The van der Waals surface area contributed by atoms with Crippen LogP contribution in [0.5, 0.6) is 5.88 Å². The number of methoxy groups -OCH3 is 1. The van der Waals surface area contributed by atoms with Crippen LogP contribution in [0.25, 0.3) is 0 Å². The van der Waals surface area contributed by atoms with Gasteiger partial charge in [-0.2, -0.15) is 14.9 Å². The molecule has 6 heteroatoms. The molecule has 0 aliphatic rings. The van der Waals surface area contributed by atoms with Crippen molar-refractivity contribution in [3.05, 3.63) is 41.1 Å². The molecule has 23 heavy (non-hydrogen) atoms. The highest BCUT2D eigenvalue weighted by Crippen LogP contribution is 2.23. The van der Waals surface area contributed by atoms with Gasteiger partial charge in [-0.05, 0) is 24.5 Å². The van der Waals surface area contributed by atoms with Crippen LogP contribution >= 0.6 is 0 Å². The number of hydrogen-bond donors (Lipinski definition) is 0. The monoisotopic (exact) mass is 312 g/mol. The molecular weight excluding hydrogens is 290 g/mol. The average molecular weight is 312 g/mol. The lowest BCUT2D eigenvalue weighted by Gasteiger charge is -2.15. The van der Waals surface area contributed by atoms with Gasteiger partial charge in [0.2, 0.25) is 0 Å². The maximum absolute atomic E-state index is 8.90. The molecule has 1 unspecified atom stereocenters. The van der Waals surface area contributed by atoms with Crippen LogP contribution in [0.4, 0.5) is 0 Å². The zero-order valence-electron chi connectivity index (χ0n) is 14.2. The van der Waals surface area contributed by atoms with Crippen molar-refractivity contribution in [2.24, 2.45) is 0 Å². The van der Waals surface area contributed by atoms with Crippen LogP contribution in [-0.4, -0.2) is 22.3 Å². The van der Waals surface area contributed by atoms with Crippen LogP contribution in [-0.2, 0) is 6.54 Å². The van der Waals surface area contributed by atoms with E-state index in [-0.39, 0.29) is 5.92 Å². The zero-order valence-corrected chi connectivity index (χ0v) is 14.2. The number of ether oxygens (including phenoxy) is 1. The maximum atomic E-state index is 8.90. The molecule has 0 aliphatic heterocycles. The van der Waals surface area contributed by atoms with Crippen molar-refractivity contribution >= 4 is 0 Å². The van der Waals surface area contributed by atoms with Gasteiger partial charge in [0.15, 0.2) is 11.9 Å². The fourth-order valence-electron chi connectivity index (χ4n) is 2.65. The lowest BCUT2D eigenvalue weighted by Crippen LogP contribution is -2.39. The van der Waals surface area contributed by atoms with Crippen molar-refractivity contribution in [1.29, 1.82) is 5.26 Å². The summed E-state index contributed by atoms with van der Waals surface area (Å²) < 4.78 is 7.58. The van der Waals surface area contributed by atoms with Crippen LogP contribution in [0.2, 0.25) is 0 Å². The van der Waals surface area contributed by atoms with Crippen LogP contribution in [0.3, 0.4) is 0 Å². The van der Waals surface area contributed by atoms with E-state index in [4.69, 9.17) is 10.00 Å². The number of aryl methyl sites for hydroxylation is 1. The molecule has 2 aromatic heterocycles. The van der Waals surface area contributed by atoms with E-state index in [1.807, 2.05) is 23.8 Å². The minimum absolute atomic E-state index is 0.123. The molecule has 1 atom stereocenters. The van der Waals surface area contributed by atoms with E-state index in [0.29, 0.717) is 18.2 Å². The predicted molar refractivity (Wildman–Crippen MR) is 85.0 cm³/mol. The second-order valence-electron chi connectivity index (χ2n) is 5.98. The van der Waals surface area contributed by atoms with Gasteiger partial charge in [0.05, 0.1) is 18.4 Å². The van der Waals surface area contributed by atoms with Crippen molar-refractivity contribution in [2.75, 3.05) is 7.11 Å². The van der Waals surface area contributed by atoms with E-state index < -0.39 is 0 Å². The Balaban J connectivity index is 2.32. The van der Waals surface area contributed by atoms with Crippen molar-refractivity contribution in [1.82, 2.24) is 15.2 Å². The first-order valence-corrected chi connectivity index (χ1v) is 7.63. The normalized spacial score (nSPS) is 12.0. The van der Waals surface area contributed by atoms with Crippen LogP contribution in [0.15, 0.2) is 18.6 Å². The highest BCUT2D eigenvalue weighted by atomic mass is 16.5. The molecule has 0 amide bonds. The quantitative estimate of drug-likeness (QED) is 0.792. The summed E-state index contributed by atoms with van der Waals surface area (Å²) in [5.41, 5.74) is 3.27. The van der Waals surface area contributed by atoms with Gasteiger partial charge in [-0.25, -0.2) is 0 Å². The molecule has 0 fully saturated rings. The standard InChI is InChI=1S/C17H22N5O/c1-11(2)15-8-19-10-22(17(15)23-5)9-13(4)16-12(3)6-14(7-18)20-21-16/h6,8,10-11,13H,9H2,1-5H3/q+1. The lowest BCUT2D eigenvalue weighted by molar-refractivity contribution is -0.707. The van der Waals surface area contributed by atoms with Crippen molar-refractivity contribution < 1.29 is 9.30 Å². The van der Waals surface area contributed by atoms with Gasteiger partial charge in [-0.3, -0.25) is 0 Å². The molecule has 0 spiro atoms. The summed E-state index contributed by atoms with van der Waals surface area (Å²) in [5, 5.41) is 17.0. The molecule has 0 bridgehead atoms. The smallest absolute Gasteiger partial charge is 0.291 e. The molecule has 6 nitrogen and oxygen atoms in total. The van der Waals surface area contributed by atoms with Crippen molar-refractivity contribution in [3.8, 4) is 11.9 Å². The first kappa shape index (κ1) is 16.8. The summed E-state index contributed by atoms with van der Waals surface area (Å²) in [7, 11) is 1.68. The van der Waals surface area contributed by atoms with Crippen LogP contribution in [0.1, 0.15) is 55.1 Å². The Labute approximate surface area is 136 Å². The van der Waals surface area contributed by atoms with Gasteiger partial charge in [-0.15, -0.1) is 5.10 Å². The Hall–Kier alpha value is -2.55. The molecule has 0 N–H and O–H groups in total. The SMILES string of the molecule is COc1c(C(C)C)cnc[n+]1CC(C)c1nnc(C#N)cc1C. The Morgan fingerprint density at radius 3 is 2.61 bits per heavy atom. The highest BCUT2D eigenvalue weighted by Gasteiger charge is 2.22. The lowest BCUT2D eigenvalue weighted by atomic mass is 10.0. The van der Waals surface area contributed by atoms with Crippen LogP contribution < -0.4 is 9.30 Å². The van der Waals surface area contributed by atoms with E-state index in [1.165, 1.54) is 0 Å². The molecule has 120 valence electrons. The molecule has 0 aliphatic carbocycles. The highest BCUT2D eigenvalue weighted by molar-refractivity contribution is 5.28. The molecular formula is C17H22N5O+. The molecule has 0 aromatic carbocycles. The Morgan fingerprint density at radius 1 is 1.30 bits per heavy atom. The van der Waals surface area contributed by atoms with E-state index in [2.05, 4.69) is 36.0 Å². The number of aromatic nitrogens is 4. The Kier molecular flexibility index (Phi) is 5.22. The third-order valence-electron chi connectivity index (χ3n) is 3.82. The summed E-state index contributed by atoms with van der Waals surface area (Å²) in [5.74, 6) is 1.27. The fourth-order valence-corrected chi connectivity index (χ4v) is 2.65. The summed E-state index contributed by atoms with van der Waals surface area (Å²) in [6, 6.07) is 3.78. The second-order valence-corrected chi connectivity index (χ2v) is 5.98. The number of nitrogens with zero attached hydrogens (tertiary/aromatic N) is 5. The number of rotatable bonds is 5. The van der Waals surface area contributed by atoms with Gasteiger partial charge in [0.25, 0.3) is 12.2 Å². The minimum atomic E-state index is 0.123. The largest absolute Gasteiger partial charge is 0.465 e. The van der Waals surface area contributed by atoms with Gasteiger partial charge in [-0.1, -0.05) is 25.8 Å². The summed E-state index contributed by atoms with van der Waals surface area (Å²) in [4.78, 5) is 4.31. The third kappa shape index (κ3) is 3.62. The van der Waals surface area contributed by atoms with Crippen LogP contribution in [0, 0.1) is 18.3 Å². The second kappa shape index (κ2) is 7.14. The summed E-state index contributed by atoms with van der Waals surface area (Å²) >= 11 is 0. The van der Waals surface area contributed by atoms with E-state index in [0.717, 1.165) is 22.7 Å². The number of hydrogen-bond acceptors (Lipinski definition) is 5. The molecule has 2 heterocycles. The third-order valence-corrected chi connectivity index (χ3v) is 3.82. The summed E-state index contributed by atoms with van der Waals surface area (Å²) in [6.07, 6.45) is 3.62. The zero-order chi connectivity index (χ0) is 17.0. The molecule has 0 saturated heterocycles. The molecule has 0 radical (unpaired) electrons. The summed E-state index contributed by atoms with van der Waals surface area (Å²) in [6.45, 7) is 8.94. The van der Waals surface area contributed by atoms with Crippen molar-refractivity contribution in [2.45, 2.75) is 46.1 Å². The molecule has 2 rings (SSSR count). The van der Waals surface area contributed by atoms with Gasteiger partial charge < -0.3 is 4.74 Å². The van der Waals surface area contributed by atoms with E-state index in [1.54, 1.807) is 19.5 Å². The van der Waals surface area contributed by atoms with Crippen molar-refractivity contribution in [3.63, 3.8) is 0 Å². The topological polar surface area (TPSA) is 75.6 Å². The minimum Gasteiger partial charge on any atom is -0.465 e. The maximum Gasteiger partial charge on any atom is 0.291 e. The van der Waals surface area contributed by atoms with Gasteiger partial charge >= 0.3 is 0 Å². The predicted octanol–water partition coefficient (Wildman–Crippen LogP) is 2.27. The van der Waals surface area contributed by atoms with Gasteiger partial charge in [0, 0.05) is 5.92 Å². The Bertz CT molecular complexity index is 736. The van der Waals surface area contributed by atoms with E-state index >= 15 is 0 Å². The van der Waals surface area contributed by atoms with E-state index in [9.17, 15) is 0 Å². The Morgan fingerprint density at radius 2 is 2.04 bits per heavy atom. The first-order chi connectivity index (χ1) is 11.0.